The molecule has 0 fully saturated rings. The summed E-state index contributed by atoms with van der Waals surface area (Å²) in [6, 6.07) is 4.13. The molecular weight excluding hydrogens is 501 g/mol. The van der Waals surface area contributed by atoms with Gasteiger partial charge < -0.3 is 20.5 Å². The van der Waals surface area contributed by atoms with E-state index in [-0.39, 0.29) is 16.9 Å². The summed E-state index contributed by atoms with van der Waals surface area (Å²) in [5.74, 6) is -4.73. The van der Waals surface area contributed by atoms with Crippen molar-refractivity contribution in [3.63, 3.8) is 0 Å². The Morgan fingerprint density at radius 2 is 1.73 bits per heavy atom. The standard InChI is InChI=1S/C18H20F3NO3S.C10H23N/c1-25-11-10-22-9-2-3-15(17(23)24)16(22)26-12-8-18(20,21)13-4-6-14(19)7-5-13;1-2-3-4-5-6-7-8-9-10-11/h2-7,9,16H,8,10-12H2,1H3,(H,23,24);2-11H2,1H3. The van der Waals surface area contributed by atoms with Crippen LogP contribution in [0.4, 0.5) is 13.2 Å². The van der Waals surface area contributed by atoms with E-state index in [0.717, 1.165) is 42.6 Å². The van der Waals surface area contributed by atoms with Gasteiger partial charge in [-0.1, -0.05) is 64.0 Å². The summed E-state index contributed by atoms with van der Waals surface area (Å²) in [7, 11) is 1.53. The van der Waals surface area contributed by atoms with Crippen molar-refractivity contribution < 1.29 is 27.8 Å². The number of halogens is 3. The maximum Gasteiger partial charge on any atom is 0.334 e. The van der Waals surface area contributed by atoms with Crippen LogP contribution in [-0.4, -0.2) is 53.9 Å². The number of allylic oxidation sites excluding steroid dienone is 2. The summed E-state index contributed by atoms with van der Waals surface area (Å²) in [5, 5.41) is 8.79. The van der Waals surface area contributed by atoms with Crippen LogP contribution in [-0.2, 0) is 15.5 Å². The number of carbonyl (C=O) groups is 1. The molecule has 0 radical (unpaired) electrons. The Kier molecular flexibility index (Phi) is 17.1. The Balaban J connectivity index is 0.000000525. The quantitative estimate of drug-likeness (QED) is 0.207. The SMILES string of the molecule is CCCCCCCCCCN.COCCN1C=CC=C(C(=O)O)C1SCCC(F)(F)c1ccc(F)cc1. The van der Waals surface area contributed by atoms with E-state index in [0.29, 0.717) is 13.2 Å². The van der Waals surface area contributed by atoms with E-state index in [2.05, 4.69) is 6.92 Å². The number of rotatable bonds is 17. The molecule has 9 heteroatoms. The van der Waals surface area contributed by atoms with Crippen molar-refractivity contribution in [1.82, 2.24) is 4.90 Å². The van der Waals surface area contributed by atoms with Gasteiger partial charge in [-0.05, 0) is 37.3 Å². The molecule has 3 N–H and O–H groups in total. The number of unbranched alkanes of at least 4 members (excludes halogenated alkanes) is 7. The number of nitrogens with two attached hydrogens (primary N) is 1. The van der Waals surface area contributed by atoms with Gasteiger partial charge in [0.2, 0.25) is 0 Å². The first-order chi connectivity index (χ1) is 17.8. The van der Waals surface area contributed by atoms with Crippen LogP contribution in [0, 0.1) is 5.82 Å². The molecule has 1 atom stereocenters. The first-order valence-corrected chi connectivity index (χ1v) is 14.1. The fraction of sp³-hybridized carbons (Fsp3) is 0.607. The largest absolute Gasteiger partial charge is 0.478 e. The van der Waals surface area contributed by atoms with E-state index in [1.54, 1.807) is 17.2 Å². The lowest BCUT2D eigenvalue weighted by Crippen LogP contribution is -2.37. The van der Waals surface area contributed by atoms with Gasteiger partial charge in [0.1, 0.15) is 11.2 Å². The normalized spacial score (nSPS) is 15.2. The van der Waals surface area contributed by atoms with Gasteiger partial charge in [-0.3, -0.25) is 0 Å². The number of nitrogens with zero attached hydrogens (tertiary/aromatic N) is 1. The van der Waals surface area contributed by atoms with Crippen LogP contribution < -0.4 is 5.73 Å². The number of thioether (sulfide) groups is 1. The third-order valence-electron chi connectivity index (χ3n) is 5.94. The second-order valence-corrected chi connectivity index (χ2v) is 10.1. The van der Waals surface area contributed by atoms with Crippen molar-refractivity contribution in [1.29, 1.82) is 0 Å². The van der Waals surface area contributed by atoms with E-state index >= 15 is 0 Å². The van der Waals surface area contributed by atoms with Gasteiger partial charge in [0, 0.05) is 37.6 Å². The number of alkyl halides is 2. The lowest BCUT2D eigenvalue weighted by atomic mass is 10.1. The number of benzene rings is 1. The number of methoxy groups -OCH3 is 1. The number of carboxylic acid groups (broad SMARTS) is 1. The number of ether oxygens (including phenoxy) is 1. The van der Waals surface area contributed by atoms with Crippen LogP contribution >= 0.6 is 11.8 Å². The van der Waals surface area contributed by atoms with Crippen molar-refractivity contribution in [2.24, 2.45) is 5.73 Å². The molecule has 37 heavy (non-hydrogen) atoms. The Hall–Kier alpha value is -1.97. The van der Waals surface area contributed by atoms with Gasteiger partial charge in [-0.2, -0.15) is 0 Å². The third kappa shape index (κ3) is 13.4. The van der Waals surface area contributed by atoms with Crippen LogP contribution in [0.25, 0.3) is 0 Å². The molecular formula is C28H43F3N2O3S. The highest BCUT2D eigenvalue weighted by Crippen LogP contribution is 2.35. The molecule has 0 amide bonds. The van der Waals surface area contributed by atoms with E-state index in [1.807, 2.05) is 0 Å². The predicted molar refractivity (Wildman–Crippen MR) is 146 cm³/mol. The molecule has 210 valence electrons. The smallest absolute Gasteiger partial charge is 0.334 e. The van der Waals surface area contributed by atoms with Gasteiger partial charge in [0.25, 0.3) is 5.92 Å². The fourth-order valence-corrected chi connectivity index (χ4v) is 5.09. The Morgan fingerprint density at radius 3 is 2.30 bits per heavy atom. The molecule has 0 aromatic heterocycles. The summed E-state index contributed by atoms with van der Waals surface area (Å²) in [5.41, 5.74) is 5.27. The monoisotopic (exact) mass is 544 g/mol. The van der Waals surface area contributed by atoms with Gasteiger partial charge in [0.15, 0.2) is 0 Å². The second kappa shape index (κ2) is 19.2. The molecule has 1 aromatic carbocycles. The van der Waals surface area contributed by atoms with Crippen LogP contribution in [0.5, 0.6) is 0 Å². The minimum absolute atomic E-state index is 0.0387. The topological polar surface area (TPSA) is 75.8 Å². The number of carboxylic acids is 1. The number of hydrogen-bond donors (Lipinski definition) is 2. The Bertz CT molecular complexity index is 811. The molecule has 2 rings (SSSR count). The lowest BCUT2D eigenvalue weighted by Gasteiger charge is -2.33. The average molecular weight is 545 g/mol. The molecule has 5 nitrogen and oxygen atoms in total. The highest BCUT2D eigenvalue weighted by Gasteiger charge is 2.33. The van der Waals surface area contributed by atoms with Gasteiger partial charge >= 0.3 is 5.97 Å². The predicted octanol–water partition coefficient (Wildman–Crippen LogP) is 6.94. The molecule has 0 saturated carbocycles. The van der Waals surface area contributed by atoms with Crippen LogP contribution in [0.2, 0.25) is 0 Å². The van der Waals surface area contributed by atoms with E-state index in [1.165, 1.54) is 64.6 Å². The van der Waals surface area contributed by atoms with E-state index < -0.39 is 29.5 Å². The van der Waals surface area contributed by atoms with Crippen molar-refractivity contribution in [3.05, 3.63) is 59.6 Å². The highest BCUT2D eigenvalue weighted by atomic mass is 32.2. The van der Waals surface area contributed by atoms with Crippen molar-refractivity contribution in [2.45, 2.75) is 76.0 Å². The molecule has 1 unspecified atom stereocenters. The molecule has 1 aromatic rings. The molecule has 0 aliphatic carbocycles. The molecule has 0 spiro atoms. The third-order valence-corrected chi connectivity index (χ3v) is 7.22. The van der Waals surface area contributed by atoms with Crippen LogP contribution in [0.15, 0.2) is 48.2 Å². The zero-order valence-electron chi connectivity index (χ0n) is 22.1. The molecule has 1 aliphatic rings. The second-order valence-electron chi connectivity index (χ2n) is 8.95. The average Bonchev–Trinajstić information content (AvgIpc) is 2.88. The van der Waals surface area contributed by atoms with Crippen LogP contribution in [0.3, 0.4) is 0 Å². The van der Waals surface area contributed by atoms with Crippen molar-refractivity contribution >= 4 is 17.7 Å². The summed E-state index contributed by atoms with van der Waals surface area (Å²) in [6.45, 7) is 3.97. The fourth-order valence-electron chi connectivity index (χ4n) is 3.76. The molecule has 0 bridgehead atoms. The van der Waals surface area contributed by atoms with Crippen molar-refractivity contribution in [3.8, 4) is 0 Å². The van der Waals surface area contributed by atoms with Crippen molar-refractivity contribution in [2.75, 3.05) is 32.6 Å². The van der Waals surface area contributed by atoms with Gasteiger partial charge in [0.05, 0.1) is 12.2 Å². The van der Waals surface area contributed by atoms with Gasteiger partial charge in [-0.25, -0.2) is 18.0 Å². The number of hydrogen-bond acceptors (Lipinski definition) is 5. The maximum absolute atomic E-state index is 14.3. The maximum atomic E-state index is 14.3. The molecule has 1 aliphatic heterocycles. The molecule has 1 heterocycles. The summed E-state index contributed by atoms with van der Waals surface area (Å²) < 4.78 is 46.5. The summed E-state index contributed by atoms with van der Waals surface area (Å²) in [6.07, 6.45) is 15.3. The minimum Gasteiger partial charge on any atom is -0.478 e. The first kappa shape index (κ1) is 33.1. The van der Waals surface area contributed by atoms with E-state index in [9.17, 15) is 23.1 Å². The lowest BCUT2D eigenvalue weighted by molar-refractivity contribution is -0.133. The molecule has 0 saturated heterocycles. The Morgan fingerprint density at radius 1 is 1.11 bits per heavy atom. The van der Waals surface area contributed by atoms with Crippen LogP contribution in [0.1, 0.15) is 70.3 Å². The minimum atomic E-state index is -3.12. The Labute approximate surface area is 224 Å². The zero-order chi connectivity index (χ0) is 27.5. The summed E-state index contributed by atoms with van der Waals surface area (Å²) >= 11 is 1.13. The highest BCUT2D eigenvalue weighted by molar-refractivity contribution is 8.00. The first-order valence-electron chi connectivity index (χ1n) is 13.1. The van der Waals surface area contributed by atoms with Gasteiger partial charge in [-0.15, -0.1) is 11.8 Å². The number of aliphatic carboxylic acids is 1. The zero-order valence-corrected chi connectivity index (χ0v) is 23.0. The van der Waals surface area contributed by atoms with E-state index in [4.69, 9.17) is 10.5 Å². The summed E-state index contributed by atoms with van der Waals surface area (Å²) in [4.78, 5) is 13.2.